The van der Waals surface area contributed by atoms with Crippen LogP contribution in [0.15, 0.2) is 18.5 Å². The first kappa shape index (κ1) is 9.64. The van der Waals surface area contributed by atoms with Crippen LogP contribution in [0.25, 0.3) is 0 Å². The predicted octanol–water partition coefficient (Wildman–Crippen LogP) is 0.701. The molecule has 1 amide bonds. The Morgan fingerprint density at radius 1 is 1.38 bits per heavy atom. The molecule has 0 bridgehead atoms. The lowest BCUT2D eigenvalue weighted by Crippen LogP contribution is -2.27. The highest BCUT2D eigenvalue weighted by atomic mass is 16.1. The number of nitrogens with two attached hydrogens (primary N) is 1. The Hall–Kier alpha value is -1.45. The fraction of sp³-hybridized carbons (Fsp3) is 0.444. The summed E-state index contributed by atoms with van der Waals surface area (Å²) in [6.07, 6.45) is 3.22. The van der Waals surface area contributed by atoms with E-state index in [0.717, 1.165) is 0 Å². The summed E-state index contributed by atoms with van der Waals surface area (Å²) in [6, 6.07) is 1.71. The van der Waals surface area contributed by atoms with Crippen LogP contribution < -0.4 is 5.73 Å². The van der Waals surface area contributed by atoms with E-state index in [9.17, 15) is 4.79 Å². The zero-order valence-electron chi connectivity index (χ0n) is 7.77. The number of carbonyl (C=O) groups is 1. The van der Waals surface area contributed by atoms with Gasteiger partial charge in [-0.05, 0) is 12.0 Å². The molecule has 4 nitrogen and oxygen atoms in total. The minimum absolute atomic E-state index is 0.125. The summed E-state index contributed by atoms with van der Waals surface area (Å²) >= 11 is 0. The second kappa shape index (κ2) is 3.98. The summed E-state index contributed by atoms with van der Waals surface area (Å²) in [6.45, 7) is 3.84. The molecule has 1 rings (SSSR count). The summed E-state index contributed by atoms with van der Waals surface area (Å²) in [7, 11) is 0. The highest BCUT2D eigenvalue weighted by molar-refractivity contribution is 5.81. The van der Waals surface area contributed by atoms with Gasteiger partial charge in [0.1, 0.15) is 5.82 Å². The summed E-state index contributed by atoms with van der Waals surface area (Å²) in [5.74, 6) is -0.132. The quantitative estimate of drug-likeness (QED) is 0.742. The molecule has 0 saturated carbocycles. The second-order valence-electron chi connectivity index (χ2n) is 3.23. The Morgan fingerprint density at radius 3 is 2.31 bits per heavy atom. The Labute approximate surface area is 77.2 Å². The number of amides is 1. The van der Waals surface area contributed by atoms with Gasteiger partial charge < -0.3 is 5.73 Å². The molecule has 13 heavy (non-hydrogen) atoms. The monoisotopic (exact) mass is 179 g/mol. The van der Waals surface area contributed by atoms with E-state index in [4.69, 9.17) is 5.73 Å². The van der Waals surface area contributed by atoms with Crippen molar-refractivity contribution in [2.45, 2.75) is 19.8 Å². The lowest BCUT2D eigenvalue weighted by atomic mass is 9.94. The normalized spacial score (nSPS) is 12.8. The van der Waals surface area contributed by atoms with Crippen LogP contribution in [0.3, 0.4) is 0 Å². The molecule has 0 aliphatic rings. The molecule has 2 N–H and O–H groups in total. The first-order chi connectivity index (χ1) is 6.13. The minimum Gasteiger partial charge on any atom is -0.369 e. The summed E-state index contributed by atoms with van der Waals surface area (Å²) in [4.78, 5) is 19.1. The van der Waals surface area contributed by atoms with E-state index in [-0.39, 0.29) is 17.7 Å². The lowest BCUT2D eigenvalue weighted by molar-refractivity contribution is -0.120. The Balaban J connectivity index is 2.96. The molecule has 1 aromatic rings. The molecule has 70 valence electrons. The van der Waals surface area contributed by atoms with Crippen molar-refractivity contribution in [2.75, 3.05) is 0 Å². The molecule has 0 spiro atoms. The summed E-state index contributed by atoms with van der Waals surface area (Å²) in [5.41, 5.74) is 5.25. The van der Waals surface area contributed by atoms with Gasteiger partial charge >= 0.3 is 0 Å². The van der Waals surface area contributed by atoms with Crippen LogP contribution in [0.2, 0.25) is 0 Å². The van der Waals surface area contributed by atoms with Crippen molar-refractivity contribution in [2.24, 2.45) is 11.7 Å². The first-order valence-corrected chi connectivity index (χ1v) is 4.19. The standard InChI is InChI=1S/C9H13N3O/c1-6(2)7(8(10)13)9-11-4-3-5-12-9/h3-7H,1-2H3,(H2,10,13). The average Bonchev–Trinajstić information content (AvgIpc) is 2.04. The SMILES string of the molecule is CC(C)C(C(N)=O)c1ncccn1. The number of nitrogens with zero attached hydrogens (tertiary/aromatic N) is 2. The van der Waals surface area contributed by atoms with Gasteiger partial charge in [0.05, 0.1) is 5.92 Å². The molecule has 1 aromatic heterocycles. The molecule has 1 atom stereocenters. The van der Waals surface area contributed by atoms with E-state index < -0.39 is 0 Å². The van der Waals surface area contributed by atoms with Crippen molar-refractivity contribution < 1.29 is 4.79 Å². The van der Waals surface area contributed by atoms with Gasteiger partial charge in [0, 0.05) is 12.4 Å². The van der Waals surface area contributed by atoms with E-state index in [2.05, 4.69) is 9.97 Å². The zero-order valence-corrected chi connectivity index (χ0v) is 7.77. The van der Waals surface area contributed by atoms with Gasteiger partial charge in [0.2, 0.25) is 5.91 Å². The third-order valence-corrected chi connectivity index (χ3v) is 1.84. The highest BCUT2D eigenvalue weighted by Crippen LogP contribution is 2.19. The molecule has 1 heterocycles. The van der Waals surface area contributed by atoms with E-state index in [0.29, 0.717) is 5.82 Å². The van der Waals surface area contributed by atoms with Crippen LogP contribution >= 0.6 is 0 Å². The fourth-order valence-corrected chi connectivity index (χ4v) is 1.23. The van der Waals surface area contributed by atoms with Crippen molar-refractivity contribution in [1.82, 2.24) is 9.97 Å². The second-order valence-corrected chi connectivity index (χ2v) is 3.23. The average molecular weight is 179 g/mol. The molecule has 0 saturated heterocycles. The molecule has 4 heteroatoms. The molecule has 0 aliphatic heterocycles. The number of carbonyl (C=O) groups excluding carboxylic acids is 1. The summed E-state index contributed by atoms with van der Waals surface area (Å²) in [5, 5.41) is 0. The predicted molar refractivity (Wildman–Crippen MR) is 48.8 cm³/mol. The molecule has 1 unspecified atom stereocenters. The molecule has 0 fully saturated rings. The maximum Gasteiger partial charge on any atom is 0.228 e. The maximum atomic E-state index is 11.1. The van der Waals surface area contributed by atoms with Crippen molar-refractivity contribution in [1.29, 1.82) is 0 Å². The highest BCUT2D eigenvalue weighted by Gasteiger charge is 2.23. The van der Waals surface area contributed by atoms with Gasteiger partial charge in [0.15, 0.2) is 0 Å². The van der Waals surface area contributed by atoms with Crippen LogP contribution in [-0.2, 0) is 4.79 Å². The fourth-order valence-electron chi connectivity index (χ4n) is 1.23. The van der Waals surface area contributed by atoms with Gasteiger partial charge in [-0.25, -0.2) is 9.97 Å². The van der Waals surface area contributed by atoms with E-state index in [1.165, 1.54) is 0 Å². The van der Waals surface area contributed by atoms with Crippen molar-refractivity contribution >= 4 is 5.91 Å². The Bertz CT molecular complexity index is 284. The number of aromatic nitrogens is 2. The smallest absolute Gasteiger partial charge is 0.228 e. The summed E-state index contributed by atoms with van der Waals surface area (Å²) < 4.78 is 0. The van der Waals surface area contributed by atoms with Gasteiger partial charge in [-0.1, -0.05) is 13.8 Å². The van der Waals surface area contributed by atoms with Crippen molar-refractivity contribution in [3.8, 4) is 0 Å². The molecular formula is C9H13N3O. The van der Waals surface area contributed by atoms with Crippen molar-refractivity contribution in [3.05, 3.63) is 24.3 Å². The van der Waals surface area contributed by atoms with Crippen LogP contribution in [0.1, 0.15) is 25.6 Å². The van der Waals surface area contributed by atoms with Crippen LogP contribution in [0, 0.1) is 5.92 Å². The van der Waals surface area contributed by atoms with Crippen LogP contribution in [0.5, 0.6) is 0 Å². The van der Waals surface area contributed by atoms with Gasteiger partial charge in [-0.15, -0.1) is 0 Å². The van der Waals surface area contributed by atoms with E-state index in [1.807, 2.05) is 13.8 Å². The molecule has 0 aliphatic carbocycles. The van der Waals surface area contributed by atoms with Gasteiger partial charge in [-0.3, -0.25) is 4.79 Å². The molecular weight excluding hydrogens is 166 g/mol. The topological polar surface area (TPSA) is 68.9 Å². The first-order valence-electron chi connectivity index (χ1n) is 4.19. The lowest BCUT2D eigenvalue weighted by Gasteiger charge is -2.14. The number of hydrogen-bond acceptors (Lipinski definition) is 3. The van der Waals surface area contributed by atoms with Crippen molar-refractivity contribution in [3.63, 3.8) is 0 Å². The molecule has 0 radical (unpaired) electrons. The molecule has 0 aromatic carbocycles. The van der Waals surface area contributed by atoms with E-state index >= 15 is 0 Å². The van der Waals surface area contributed by atoms with Crippen LogP contribution in [0.4, 0.5) is 0 Å². The van der Waals surface area contributed by atoms with E-state index in [1.54, 1.807) is 18.5 Å². The van der Waals surface area contributed by atoms with Gasteiger partial charge in [0.25, 0.3) is 0 Å². The zero-order chi connectivity index (χ0) is 9.84. The van der Waals surface area contributed by atoms with Gasteiger partial charge in [-0.2, -0.15) is 0 Å². The number of primary amides is 1. The number of rotatable bonds is 3. The largest absolute Gasteiger partial charge is 0.369 e. The Kier molecular flexibility index (Phi) is 2.95. The maximum absolute atomic E-state index is 11.1. The third-order valence-electron chi connectivity index (χ3n) is 1.84. The third kappa shape index (κ3) is 2.24. The number of hydrogen-bond donors (Lipinski definition) is 1. The Morgan fingerprint density at radius 2 is 1.92 bits per heavy atom. The van der Waals surface area contributed by atoms with Crippen LogP contribution in [-0.4, -0.2) is 15.9 Å². The minimum atomic E-state index is -0.388.